The maximum Gasteiger partial charge on any atom is 0.277 e. The van der Waals surface area contributed by atoms with Gasteiger partial charge in [0.05, 0.1) is 5.75 Å². The monoisotopic (exact) mass is 527 g/mol. The molecule has 38 heavy (non-hydrogen) atoms. The minimum absolute atomic E-state index is 0.0885. The van der Waals surface area contributed by atoms with Crippen LogP contribution in [-0.2, 0) is 4.79 Å². The maximum atomic E-state index is 12.9. The molecular weight excluding hydrogens is 498 g/mol. The van der Waals surface area contributed by atoms with Crippen molar-refractivity contribution in [2.75, 3.05) is 42.1 Å². The van der Waals surface area contributed by atoms with Crippen LogP contribution in [0.15, 0.2) is 82.4 Å². The number of hydrogen-bond acceptors (Lipinski definition) is 7. The molecule has 9 heteroatoms. The molecule has 2 amide bonds. The first kappa shape index (κ1) is 25.5. The number of piperazine rings is 1. The van der Waals surface area contributed by atoms with E-state index in [2.05, 4.69) is 20.4 Å². The van der Waals surface area contributed by atoms with E-state index >= 15 is 0 Å². The number of nitrogens with one attached hydrogen (secondary N) is 1. The zero-order chi connectivity index (χ0) is 26.5. The van der Waals surface area contributed by atoms with E-state index in [1.807, 2.05) is 91.5 Å². The Hall–Kier alpha value is -4.11. The van der Waals surface area contributed by atoms with Gasteiger partial charge < -0.3 is 19.5 Å². The van der Waals surface area contributed by atoms with Crippen LogP contribution in [0.25, 0.3) is 11.5 Å². The van der Waals surface area contributed by atoms with Crippen molar-refractivity contribution < 1.29 is 14.0 Å². The molecule has 0 bridgehead atoms. The molecule has 5 rings (SSSR count). The Kier molecular flexibility index (Phi) is 7.74. The van der Waals surface area contributed by atoms with Gasteiger partial charge in [0.2, 0.25) is 11.8 Å². The molecule has 0 unspecified atom stereocenters. The van der Waals surface area contributed by atoms with Gasteiger partial charge in [0.15, 0.2) is 0 Å². The molecule has 4 aromatic rings. The Morgan fingerprint density at radius 3 is 2.42 bits per heavy atom. The van der Waals surface area contributed by atoms with E-state index in [0.717, 1.165) is 46.7 Å². The fourth-order valence-corrected chi connectivity index (χ4v) is 4.96. The van der Waals surface area contributed by atoms with Crippen LogP contribution in [0.2, 0.25) is 0 Å². The molecule has 0 spiro atoms. The summed E-state index contributed by atoms with van der Waals surface area (Å²) in [6, 6.07) is 23.3. The maximum absolute atomic E-state index is 12.9. The highest BCUT2D eigenvalue weighted by molar-refractivity contribution is 7.99. The van der Waals surface area contributed by atoms with E-state index in [1.54, 1.807) is 0 Å². The minimum Gasteiger partial charge on any atom is -0.411 e. The van der Waals surface area contributed by atoms with Crippen LogP contribution in [-0.4, -0.2) is 58.8 Å². The summed E-state index contributed by atoms with van der Waals surface area (Å²) in [6.45, 7) is 6.83. The molecule has 194 valence electrons. The number of thioether (sulfide) groups is 1. The number of nitrogens with zero attached hydrogens (tertiary/aromatic N) is 4. The van der Waals surface area contributed by atoms with Crippen LogP contribution in [0.1, 0.15) is 21.5 Å². The Balaban J connectivity index is 1.09. The molecule has 1 fully saturated rings. The van der Waals surface area contributed by atoms with E-state index in [-0.39, 0.29) is 17.6 Å². The van der Waals surface area contributed by atoms with E-state index in [4.69, 9.17) is 4.42 Å². The summed E-state index contributed by atoms with van der Waals surface area (Å²) in [6.07, 6.45) is 0. The van der Waals surface area contributed by atoms with Gasteiger partial charge in [-0.05, 0) is 61.9 Å². The molecule has 0 aliphatic carbocycles. The van der Waals surface area contributed by atoms with Gasteiger partial charge in [-0.25, -0.2) is 0 Å². The van der Waals surface area contributed by atoms with Gasteiger partial charge in [0.1, 0.15) is 0 Å². The van der Waals surface area contributed by atoms with Gasteiger partial charge in [-0.1, -0.05) is 47.7 Å². The summed E-state index contributed by atoms with van der Waals surface area (Å²) in [5.74, 6) is 0.535. The van der Waals surface area contributed by atoms with Gasteiger partial charge in [-0.15, -0.1) is 10.2 Å². The number of rotatable bonds is 7. The predicted octanol–water partition coefficient (Wildman–Crippen LogP) is 5.05. The van der Waals surface area contributed by atoms with Crippen molar-refractivity contribution in [3.63, 3.8) is 0 Å². The number of anilines is 2. The van der Waals surface area contributed by atoms with Crippen molar-refractivity contribution in [1.82, 2.24) is 15.1 Å². The van der Waals surface area contributed by atoms with E-state index < -0.39 is 0 Å². The van der Waals surface area contributed by atoms with Crippen molar-refractivity contribution in [1.29, 1.82) is 0 Å². The van der Waals surface area contributed by atoms with Gasteiger partial charge in [0, 0.05) is 48.7 Å². The molecule has 0 atom stereocenters. The highest BCUT2D eigenvalue weighted by Crippen LogP contribution is 2.25. The number of aryl methyl sites for hydroxylation is 2. The number of carbonyl (C=O) groups is 2. The average molecular weight is 528 g/mol. The van der Waals surface area contributed by atoms with Crippen LogP contribution >= 0.6 is 11.8 Å². The van der Waals surface area contributed by atoms with Crippen molar-refractivity contribution in [3.05, 3.63) is 89.5 Å². The molecule has 1 aliphatic rings. The normalized spacial score (nSPS) is 13.4. The summed E-state index contributed by atoms with van der Waals surface area (Å²) >= 11 is 1.20. The SMILES string of the molecule is Cc1cccc(-c2nnc(SCC(=O)Nc3ccc(N4CCN(C(=O)c5ccccc5C)CC4)cc3)o2)c1. The summed E-state index contributed by atoms with van der Waals surface area (Å²) in [7, 11) is 0. The lowest BCUT2D eigenvalue weighted by atomic mass is 10.1. The van der Waals surface area contributed by atoms with Crippen molar-refractivity contribution >= 4 is 35.0 Å². The second kappa shape index (κ2) is 11.5. The fraction of sp³-hybridized carbons (Fsp3) is 0.241. The van der Waals surface area contributed by atoms with Crippen LogP contribution in [0.3, 0.4) is 0 Å². The smallest absolute Gasteiger partial charge is 0.277 e. The van der Waals surface area contributed by atoms with E-state index in [1.165, 1.54) is 11.8 Å². The third-order valence-electron chi connectivity index (χ3n) is 6.46. The Morgan fingerprint density at radius 2 is 1.68 bits per heavy atom. The Morgan fingerprint density at radius 1 is 0.921 bits per heavy atom. The first-order chi connectivity index (χ1) is 18.5. The third kappa shape index (κ3) is 6.06. The second-order valence-electron chi connectivity index (χ2n) is 9.22. The van der Waals surface area contributed by atoms with Gasteiger partial charge in [-0.2, -0.15) is 0 Å². The Labute approximate surface area is 226 Å². The quantitative estimate of drug-likeness (QED) is 0.337. The molecule has 1 aliphatic heterocycles. The third-order valence-corrected chi connectivity index (χ3v) is 7.28. The topological polar surface area (TPSA) is 91.6 Å². The van der Waals surface area contributed by atoms with E-state index in [0.29, 0.717) is 24.2 Å². The zero-order valence-electron chi connectivity index (χ0n) is 21.4. The molecule has 1 saturated heterocycles. The molecule has 8 nitrogen and oxygen atoms in total. The predicted molar refractivity (Wildman–Crippen MR) is 150 cm³/mol. The minimum atomic E-state index is -0.151. The number of benzene rings is 3. The van der Waals surface area contributed by atoms with Gasteiger partial charge in [-0.3, -0.25) is 9.59 Å². The van der Waals surface area contributed by atoms with Crippen molar-refractivity contribution in [2.45, 2.75) is 19.1 Å². The molecule has 0 saturated carbocycles. The lowest BCUT2D eigenvalue weighted by molar-refractivity contribution is -0.113. The zero-order valence-corrected chi connectivity index (χ0v) is 22.2. The molecule has 1 N–H and O–H groups in total. The second-order valence-corrected chi connectivity index (χ2v) is 10.1. The van der Waals surface area contributed by atoms with Crippen LogP contribution in [0.5, 0.6) is 0 Å². The average Bonchev–Trinajstić information content (AvgIpc) is 3.42. The summed E-state index contributed by atoms with van der Waals surface area (Å²) in [4.78, 5) is 29.5. The number of hydrogen-bond donors (Lipinski definition) is 1. The lowest BCUT2D eigenvalue weighted by Crippen LogP contribution is -2.48. The van der Waals surface area contributed by atoms with Crippen LogP contribution in [0.4, 0.5) is 11.4 Å². The first-order valence-electron chi connectivity index (χ1n) is 12.5. The number of carbonyl (C=O) groups excluding carboxylic acids is 2. The molecule has 3 aromatic carbocycles. The largest absolute Gasteiger partial charge is 0.411 e. The number of aromatic nitrogens is 2. The summed E-state index contributed by atoms with van der Waals surface area (Å²) in [5.41, 5.74) is 5.52. The number of amides is 2. The molecule has 2 heterocycles. The Bertz CT molecular complexity index is 1430. The highest BCUT2D eigenvalue weighted by Gasteiger charge is 2.23. The van der Waals surface area contributed by atoms with Gasteiger partial charge in [0.25, 0.3) is 11.1 Å². The van der Waals surface area contributed by atoms with Gasteiger partial charge >= 0.3 is 0 Å². The van der Waals surface area contributed by atoms with Crippen molar-refractivity contribution in [2.24, 2.45) is 0 Å². The lowest BCUT2D eigenvalue weighted by Gasteiger charge is -2.36. The fourth-order valence-electron chi connectivity index (χ4n) is 4.39. The van der Waals surface area contributed by atoms with Crippen molar-refractivity contribution in [3.8, 4) is 11.5 Å². The van der Waals surface area contributed by atoms with E-state index in [9.17, 15) is 9.59 Å². The summed E-state index contributed by atoms with van der Waals surface area (Å²) < 4.78 is 5.69. The summed E-state index contributed by atoms with van der Waals surface area (Å²) in [5, 5.41) is 11.4. The highest BCUT2D eigenvalue weighted by atomic mass is 32.2. The standard InChI is InChI=1S/C29H29N5O3S/c1-20-6-5-8-22(18-20)27-31-32-29(37-27)38-19-26(35)30-23-10-12-24(13-11-23)33-14-16-34(17-15-33)28(36)25-9-4-3-7-21(25)2/h3-13,18H,14-17,19H2,1-2H3,(H,30,35). The molecule has 0 radical (unpaired) electrons. The van der Waals surface area contributed by atoms with Crippen LogP contribution < -0.4 is 10.2 Å². The van der Waals surface area contributed by atoms with Crippen LogP contribution in [0, 0.1) is 13.8 Å². The first-order valence-corrected chi connectivity index (χ1v) is 13.5. The molecular formula is C29H29N5O3S. The molecule has 1 aromatic heterocycles.